The lowest BCUT2D eigenvalue weighted by Crippen LogP contribution is -1.92. The first-order chi connectivity index (χ1) is 6.19. The van der Waals surface area contributed by atoms with Gasteiger partial charge < -0.3 is 14.9 Å². The van der Waals surface area contributed by atoms with Crippen molar-refractivity contribution >= 4 is 0 Å². The van der Waals surface area contributed by atoms with Crippen molar-refractivity contribution in [1.29, 1.82) is 0 Å². The predicted octanol–water partition coefficient (Wildman–Crippen LogP) is 2.06. The second-order valence-electron chi connectivity index (χ2n) is 2.74. The van der Waals surface area contributed by atoms with Crippen LogP contribution >= 0.6 is 0 Å². The van der Waals surface area contributed by atoms with E-state index in [0.717, 1.165) is 5.56 Å². The van der Waals surface area contributed by atoms with Crippen molar-refractivity contribution in [3.63, 3.8) is 0 Å². The van der Waals surface area contributed by atoms with Gasteiger partial charge in [-0.1, -0.05) is 6.92 Å². The largest absolute Gasteiger partial charge is 0.508 e. The normalized spacial score (nSPS) is 10.0. The lowest BCUT2D eigenvalue weighted by atomic mass is 10.1. The quantitative estimate of drug-likeness (QED) is 0.703. The summed E-state index contributed by atoms with van der Waals surface area (Å²) in [5, 5.41) is 18.9. The van der Waals surface area contributed by atoms with Crippen molar-refractivity contribution in [2.45, 2.75) is 20.3 Å². The van der Waals surface area contributed by atoms with Crippen LogP contribution in [-0.2, 0) is 6.42 Å². The van der Waals surface area contributed by atoms with Crippen LogP contribution < -0.4 is 4.74 Å². The predicted molar refractivity (Wildman–Crippen MR) is 50.3 cm³/mol. The van der Waals surface area contributed by atoms with Gasteiger partial charge in [-0.05, 0) is 25.0 Å². The minimum atomic E-state index is 0.0801. The molecule has 0 atom stereocenters. The van der Waals surface area contributed by atoms with Crippen molar-refractivity contribution < 1.29 is 14.9 Å². The number of aryl methyl sites for hydroxylation is 1. The van der Waals surface area contributed by atoms with Crippen molar-refractivity contribution in [3.8, 4) is 17.2 Å². The van der Waals surface area contributed by atoms with E-state index in [2.05, 4.69) is 0 Å². The molecular formula is C10H14O3. The highest BCUT2D eigenvalue weighted by molar-refractivity contribution is 5.49. The number of phenols is 2. The van der Waals surface area contributed by atoms with Gasteiger partial charge in [-0.15, -0.1) is 0 Å². The topological polar surface area (TPSA) is 49.7 Å². The number of hydrogen-bond acceptors (Lipinski definition) is 3. The third-order valence-corrected chi connectivity index (χ3v) is 1.84. The monoisotopic (exact) mass is 182 g/mol. The molecule has 1 aromatic carbocycles. The molecular weight excluding hydrogens is 168 g/mol. The first-order valence-electron chi connectivity index (χ1n) is 4.36. The molecule has 1 aromatic rings. The average Bonchev–Trinajstić information content (AvgIpc) is 2.11. The Kier molecular flexibility index (Phi) is 3.01. The molecule has 0 aromatic heterocycles. The molecule has 72 valence electrons. The molecule has 0 saturated carbocycles. The summed E-state index contributed by atoms with van der Waals surface area (Å²) >= 11 is 0. The van der Waals surface area contributed by atoms with Crippen LogP contribution in [0, 0.1) is 0 Å². The Hall–Kier alpha value is -1.38. The highest BCUT2D eigenvalue weighted by Crippen LogP contribution is 2.33. The van der Waals surface area contributed by atoms with E-state index >= 15 is 0 Å². The van der Waals surface area contributed by atoms with E-state index in [1.54, 1.807) is 0 Å². The van der Waals surface area contributed by atoms with Crippen molar-refractivity contribution in [3.05, 3.63) is 17.7 Å². The summed E-state index contributed by atoms with van der Waals surface area (Å²) in [4.78, 5) is 0. The highest BCUT2D eigenvalue weighted by atomic mass is 16.5. The maximum absolute atomic E-state index is 9.45. The fourth-order valence-electron chi connectivity index (χ4n) is 1.16. The molecule has 0 bridgehead atoms. The van der Waals surface area contributed by atoms with Crippen molar-refractivity contribution in [2.24, 2.45) is 0 Å². The Bertz CT molecular complexity index is 294. The van der Waals surface area contributed by atoms with Crippen molar-refractivity contribution in [2.75, 3.05) is 6.61 Å². The lowest BCUT2D eigenvalue weighted by Gasteiger charge is -2.08. The van der Waals surface area contributed by atoms with Gasteiger partial charge in [0.25, 0.3) is 0 Å². The zero-order valence-electron chi connectivity index (χ0n) is 7.87. The summed E-state index contributed by atoms with van der Waals surface area (Å²) < 4.78 is 5.11. The summed E-state index contributed by atoms with van der Waals surface area (Å²) in [6.07, 6.45) is 0.686. The lowest BCUT2D eigenvalue weighted by molar-refractivity contribution is 0.315. The molecule has 0 saturated heterocycles. The molecule has 1 rings (SSSR count). The van der Waals surface area contributed by atoms with E-state index in [0.29, 0.717) is 18.8 Å². The van der Waals surface area contributed by atoms with Crippen molar-refractivity contribution in [1.82, 2.24) is 0 Å². The molecule has 0 radical (unpaired) electrons. The van der Waals surface area contributed by atoms with Gasteiger partial charge in [0.2, 0.25) is 0 Å². The Morgan fingerprint density at radius 2 is 1.85 bits per heavy atom. The molecule has 0 spiro atoms. The second kappa shape index (κ2) is 4.03. The molecule has 13 heavy (non-hydrogen) atoms. The SMILES string of the molecule is CCOc1cc(O)c(CC)cc1O. The molecule has 0 heterocycles. The number of benzene rings is 1. The van der Waals surface area contributed by atoms with Crippen LogP contribution in [0.4, 0.5) is 0 Å². The average molecular weight is 182 g/mol. The van der Waals surface area contributed by atoms with E-state index in [-0.39, 0.29) is 11.5 Å². The van der Waals surface area contributed by atoms with Crippen LogP contribution in [-0.4, -0.2) is 16.8 Å². The Morgan fingerprint density at radius 3 is 2.38 bits per heavy atom. The van der Waals surface area contributed by atoms with Crippen LogP contribution in [0.15, 0.2) is 12.1 Å². The molecule has 2 N–H and O–H groups in total. The van der Waals surface area contributed by atoms with E-state index in [1.165, 1.54) is 12.1 Å². The maximum atomic E-state index is 9.45. The van der Waals surface area contributed by atoms with Gasteiger partial charge in [0, 0.05) is 6.07 Å². The molecule has 0 aliphatic heterocycles. The van der Waals surface area contributed by atoms with E-state index in [1.807, 2.05) is 13.8 Å². The molecule has 3 heteroatoms. The molecule has 3 nitrogen and oxygen atoms in total. The molecule has 0 unspecified atom stereocenters. The number of aromatic hydroxyl groups is 2. The number of rotatable bonds is 3. The summed E-state index contributed by atoms with van der Waals surface area (Å²) in [5.41, 5.74) is 0.723. The smallest absolute Gasteiger partial charge is 0.164 e. The third kappa shape index (κ3) is 2.05. The first kappa shape index (κ1) is 9.71. The molecule has 0 amide bonds. The number of phenolic OH excluding ortho intramolecular Hbond substituents is 2. The minimum absolute atomic E-state index is 0.0801. The van der Waals surface area contributed by atoms with Crippen LogP contribution in [0.5, 0.6) is 17.2 Å². The van der Waals surface area contributed by atoms with Gasteiger partial charge in [0.1, 0.15) is 5.75 Å². The number of hydrogen-bond donors (Lipinski definition) is 2. The Balaban J connectivity index is 3.05. The van der Waals surface area contributed by atoms with Crippen LogP contribution in [0.1, 0.15) is 19.4 Å². The zero-order valence-corrected chi connectivity index (χ0v) is 7.87. The second-order valence-corrected chi connectivity index (χ2v) is 2.74. The summed E-state index contributed by atoms with van der Waals surface area (Å²) in [5.74, 6) is 0.581. The Morgan fingerprint density at radius 1 is 1.15 bits per heavy atom. The van der Waals surface area contributed by atoms with Gasteiger partial charge in [-0.2, -0.15) is 0 Å². The molecule has 0 fully saturated rings. The van der Waals surface area contributed by atoms with E-state index in [4.69, 9.17) is 4.74 Å². The Labute approximate surface area is 77.6 Å². The highest BCUT2D eigenvalue weighted by Gasteiger charge is 2.07. The molecule has 0 aliphatic carbocycles. The zero-order chi connectivity index (χ0) is 9.84. The first-order valence-corrected chi connectivity index (χ1v) is 4.36. The van der Waals surface area contributed by atoms with Gasteiger partial charge in [0.05, 0.1) is 6.61 Å². The fourth-order valence-corrected chi connectivity index (χ4v) is 1.16. The van der Waals surface area contributed by atoms with Gasteiger partial charge in [-0.3, -0.25) is 0 Å². The van der Waals surface area contributed by atoms with E-state index in [9.17, 15) is 10.2 Å². The third-order valence-electron chi connectivity index (χ3n) is 1.84. The van der Waals surface area contributed by atoms with Crippen LogP contribution in [0.3, 0.4) is 0 Å². The van der Waals surface area contributed by atoms with E-state index < -0.39 is 0 Å². The number of ether oxygens (including phenoxy) is 1. The minimum Gasteiger partial charge on any atom is -0.508 e. The van der Waals surface area contributed by atoms with Gasteiger partial charge in [0.15, 0.2) is 11.5 Å². The van der Waals surface area contributed by atoms with Gasteiger partial charge >= 0.3 is 0 Å². The maximum Gasteiger partial charge on any atom is 0.164 e. The van der Waals surface area contributed by atoms with Gasteiger partial charge in [-0.25, -0.2) is 0 Å². The van der Waals surface area contributed by atoms with Crippen LogP contribution in [0.25, 0.3) is 0 Å². The fraction of sp³-hybridized carbons (Fsp3) is 0.400. The van der Waals surface area contributed by atoms with Crippen LogP contribution in [0.2, 0.25) is 0 Å². The summed E-state index contributed by atoms with van der Waals surface area (Å²) in [6, 6.07) is 2.97. The summed E-state index contributed by atoms with van der Waals surface area (Å²) in [6.45, 7) is 4.21. The standard InChI is InChI=1S/C10H14O3/c1-3-7-5-9(12)10(13-4-2)6-8(7)11/h5-6,11-12H,3-4H2,1-2H3. The molecule has 0 aliphatic rings. The summed E-state index contributed by atoms with van der Waals surface area (Å²) in [7, 11) is 0.